The summed E-state index contributed by atoms with van der Waals surface area (Å²) in [5, 5.41) is 0. The number of nitrogens with two attached hydrogens (primary N) is 1. The fourth-order valence-electron chi connectivity index (χ4n) is 1.18. The molecule has 0 atom stereocenters. The van der Waals surface area contributed by atoms with Gasteiger partial charge in [-0.2, -0.15) is 0 Å². The van der Waals surface area contributed by atoms with Gasteiger partial charge in [0.25, 0.3) is 0 Å². The standard InChI is InChI=1S/C10H11BrFNO2/c1-15-10-5-7(11)8(12)4-6(10)9(14)2-3-13/h4-5H,2-3,13H2,1H3. The zero-order valence-electron chi connectivity index (χ0n) is 8.22. The molecule has 0 fully saturated rings. The number of hydrogen-bond acceptors (Lipinski definition) is 3. The minimum Gasteiger partial charge on any atom is -0.496 e. The molecule has 0 unspecified atom stereocenters. The molecule has 5 heteroatoms. The van der Waals surface area contributed by atoms with E-state index in [2.05, 4.69) is 15.9 Å². The number of benzene rings is 1. The molecule has 3 nitrogen and oxygen atoms in total. The van der Waals surface area contributed by atoms with Crippen molar-refractivity contribution in [2.45, 2.75) is 6.42 Å². The Morgan fingerprint density at radius 2 is 2.27 bits per heavy atom. The highest BCUT2D eigenvalue weighted by Crippen LogP contribution is 2.27. The third-order valence-corrected chi connectivity index (χ3v) is 2.52. The maximum absolute atomic E-state index is 13.2. The van der Waals surface area contributed by atoms with E-state index in [0.717, 1.165) is 6.07 Å². The van der Waals surface area contributed by atoms with Crippen molar-refractivity contribution in [2.24, 2.45) is 5.73 Å². The molecular weight excluding hydrogens is 265 g/mol. The molecule has 0 radical (unpaired) electrons. The van der Waals surface area contributed by atoms with Crippen LogP contribution >= 0.6 is 15.9 Å². The van der Waals surface area contributed by atoms with Crippen molar-refractivity contribution in [3.05, 3.63) is 28.0 Å². The summed E-state index contributed by atoms with van der Waals surface area (Å²) in [6, 6.07) is 2.58. The number of carbonyl (C=O) groups is 1. The lowest BCUT2D eigenvalue weighted by molar-refractivity contribution is 0.0982. The highest BCUT2D eigenvalue weighted by molar-refractivity contribution is 9.10. The van der Waals surface area contributed by atoms with E-state index in [0.29, 0.717) is 5.75 Å². The molecule has 82 valence electrons. The molecule has 0 aliphatic carbocycles. The predicted molar refractivity (Wildman–Crippen MR) is 58.7 cm³/mol. The first-order valence-electron chi connectivity index (χ1n) is 4.36. The van der Waals surface area contributed by atoms with Crippen LogP contribution in [0.4, 0.5) is 4.39 Å². The van der Waals surface area contributed by atoms with Crippen LogP contribution in [0, 0.1) is 5.82 Å². The third-order valence-electron chi connectivity index (χ3n) is 1.91. The summed E-state index contributed by atoms with van der Waals surface area (Å²) >= 11 is 3.02. The Hall–Kier alpha value is -0.940. The fraction of sp³-hybridized carbons (Fsp3) is 0.300. The topological polar surface area (TPSA) is 52.3 Å². The van der Waals surface area contributed by atoms with Crippen molar-refractivity contribution in [1.29, 1.82) is 0 Å². The fourth-order valence-corrected chi connectivity index (χ4v) is 1.50. The summed E-state index contributed by atoms with van der Waals surface area (Å²) < 4.78 is 18.5. The van der Waals surface area contributed by atoms with Crippen molar-refractivity contribution >= 4 is 21.7 Å². The summed E-state index contributed by atoms with van der Waals surface area (Å²) in [6.45, 7) is 0.236. The molecule has 15 heavy (non-hydrogen) atoms. The lowest BCUT2D eigenvalue weighted by Gasteiger charge is -2.08. The number of carbonyl (C=O) groups excluding carboxylic acids is 1. The molecule has 0 bridgehead atoms. The highest BCUT2D eigenvalue weighted by atomic mass is 79.9. The number of hydrogen-bond donors (Lipinski definition) is 1. The number of halogens is 2. The number of ether oxygens (including phenoxy) is 1. The van der Waals surface area contributed by atoms with Crippen LogP contribution in [0.2, 0.25) is 0 Å². The second-order valence-electron chi connectivity index (χ2n) is 2.93. The molecule has 1 aromatic rings. The van der Waals surface area contributed by atoms with Crippen molar-refractivity contribution < 1.29 is 13.9 Å². The van der Waals surface area contributed by atoms with E-state index < -0.39 is 5.82 Å². The molecule has 1 aromatic carbocycles. The molecule has 0 saturated carbocycles. The summed E-state index contributed by atoms with van der Waals surface area (Å²) in [5.41, 5.74) is 5.49. The van der Waals surface area contributed by atoms with E-state index in [-0.39, 0.29) is 28.8 Å². The van der Waals surface area contributed by atoms with Gasteiger partial charge in [0.1, 0.15) is 11.6 Å². The van der Waals surface area contributed by atoms with Gasteiger partial charge in [0.15, 0.2) is 5.78 Å². The molecule has 0 saturated heterocycles. The van der Waals surface area contributed by atoms with Gasteiger partial charge in [0.2, 0.25) is 0 Å². The first-order chi connectivity index (χ1) is 7.10. The largest absolute Gasteiger partial charge is 0.496 e. The van der Waals surface area contributed by atoms with Crippen molar-refractivity contribution in [3.63, 3.8) is 0 Å². The van der Waals surface area contributed by atoms with Crippen LogP contribution in [0.15, 0.2) is 16.6 Å². The molecule has 2 N–H and O–H groups in total. The van der Waals surface area contributed by atoms with Gasteiger partial charge in [0, 0.05) is 6.42 Å². The normalized spacial score (nSPS) is 10.1. The summed E-state index contributed by atoms with van der Waals surface area (Å²) in [5.74, 6) is -0.362. The van der Waals surface area contributed by atoms with Gasteiger partial charge in [-0.05, 0) is 34.6 Å². The van der Waals surface area contributed by atoms with Gasteiger partial charge >= 0.3 is 0 Å². The molecule has 0 heterocycles. The van der Waals surface area contributed by atoms with Gasteiger partial charge in [0.05, 0.1) is 17.1 Å². The smallest absolute Gasteiger partial charge is 0.167 e. The SMILES string of the molecule is COc1cc(Br)c(F)cc1C(=O)CCN. The van der Waals surface area contributed by atoms with Gasteiger partial charge in [-0.1, -0.05) is 0 Å². The third kappa shape index (κ3) is 2.76. The van der Waals surface area contributed by atoms with Crippen LogP contribution in [0.5, 0.6) is 5.75 Å². The molecular formula is C10H11BrFNO2. The van der Waals surface area contributed by atoms with E-state index in [4.69, 9.17) is 10.5 Å². The number of methoxy groups -OCH3 is 1. The highest BCUT2D eigenvalue weighted by Gasteiger charge is 2.14. The van der Waals surface area contributed by atoms with Gasteiger partial charge in [-0.25, -0.2) is 4.39 Å². The first kappa shape index (κ1) is 12.1. The zero-order chi connectivity index (χ0) is 11.4. The Kier molecular flexibility index (Phi) is 4.23. The minimum absolute atomic E-state index is 0.178. The van der Waals surface area contributed by atoms with E-state index in [1.807, 2.05) is 0 Å². The van der Waals surface area contributed by atoms with Gasteiger partial charge in [-0.3, -0.25) is 4.79 Å². The Bertz CT molecular complexity index is 382. The van der Waals surface area contributed by atoms with Crippen LogP contribution in [0.25, 0.3) is 0 Å². The maximum Gasteiger partial charge on any atom is 0.167 e. The first-order valence-corrected chi connectivity index (χ1v) is 5.15. The van der Waals surface area contributed by atoms with Crippen LogP contribution < -0.4 is 10.5 Å². The zero-order valence-corrected chi connectivity index (χ0v) is 9.80. The lowest BCUT2D eigenvalue weighted by Crippen LogP contribution is -2.09. The van der Waals surface area contributed by atoms with Gasteiger partial charge in [-0.15, -0.1) is 0 Å². The molecule has 0 aliphatic rings. The molecule has 0 aliphatic heterocycles. The minimum atomic E-state index is -0.490. The second kappa shape index (κ2) is 5.23. The summed E-state index contributed by atoms with van der Waals surface area (Å²) in [4.78, 5) is 11.5. The van der Waals surface area contributed by atoms with Crippen molar-refractivity contribution in [3.8, 4) is 5.75 Å². The molecule has 0 amide bonds. The quantitative estimate of drug-likeness (QED) is 0.857. The second-order valence-corrected chi connectivity index (χ2v) is 3.78. The van der Waals surface area contributed by atoms with Gasteiger partial charge < -0.3 is 10.5 Å². The number of ketones is 1. The monoisotopic (exact) mass is 275 g/mol. The summed E-state index contributed by atoms with van der Waals surface area (Å²) in [6.07, 6.45) is 0.178. The van der Waals surface area contributed by atoms with E-state index in [1.165, 1.54) is 13.2 Å². The van der Waals surface area contributed by atoms with Crippen molar-refractivity contribution in [2.75, 3.05) is 13.7 Å². The Morgan fingerprint density at radius 3 is 2.80 bits per heavy atom. The van der Waals surface area contributed by atoms with Crippen LogP contribution in [-0.2, 0) is 0 Å². The lowest BCUT2D eigenvalue weighted by atomic mass is 10.1. The Balaban J connectivity index is 3.15. The van der Waals surface area contributed by atoms with Crippen LogP contribution in [0.1, 0.15) is 16.8 Å². The van der Waals surface area contributed by atoms with E-state index in [1.54, 1.807) is 0 Å². The predicted octanol–water partition coefficient (Wildman–Crippen LogP) is 2.13. The van der Waals surface area contributed by atoms with Crippen molar-refractivity contribution in [1.82, 2.24) is 0 Å². The van der Waals surface area contributed by atoms with Crippen LogP contribution in [0.3, 0.4) is 0 Å². The van der Waals surface area contributed by atoms with E-state index in [9.17, 15) is 9.18 Å². The Labute approximate surface area is 95.5 Å². The summed E-state index contributed by atoms with van der Waals surface area (Å²) in [7, 11) is 1.43. The number of rotatable bonds is 4. The average molecular weight is 276 g/mol. The Morgan fingerprint density at radius 1 is 1.60 bits per heavy atom. The molecule has 0 spiro atoms. The average Bonchev–Trinajstić information content (AvgIpc) is 2.21. The van der Waals surface area contributed by atoms with Crippen LogP contribution in [-0.4, -0.2) is 19.4 Å². The van der Waals surface area contributed by atoms with E-state index >= 15 is 0 Å². The maximum atomic E-state index is 13.2. The number of Topliss-reactive ketones (excluding diaryl/α,β-unsaturated/α-hetero) is 1. The molecule has 1 rings (SSSR count). The molecule has 0 aromatic heterocycles.